The molecule has 6 heteroatoms. The van der Waals surface area contributed by atoms with Crippen LogP contribution in [0.3, 0.4) is 0 Å². The number of aryl methyl sites for hydroxylation is 2. The number of halogens is 1. The molecule has 0 spiro atoms. The van der Waals surface area contributed by atoms with E-state index in [4.69, 9.17) is 0 Å². The van der Waals surface area contributed by atoms with Gasteiger partial charge in [-0.15, -0.1) is 0 Å². The zero-order valence-corrected chi connectivity index (χ0v) is 16.8. The number of nitrogens with zero attached hydrogens (tertiary/aromatic N) is 1. The lowest BCUT2D eigenvalue weighted by molar-refractivity contribution is -0.121. The van der Waals surface area contributed by atoms with Crippen LogP contribution in [0.5, 0.6) is 0 Å². The fourth-order valence-electron chi connectivity index (χ4n) is 2.94. The molecule has 1 amide bonds. The summed E-state index contributed by atoms with van der Waals surface area (Å²) in [4.78, 5) is 31.4. The zero-order valence-electron chi connectivity index (χ0n) is 15.2. The summed E-state index contributed by atoms with van der Waals surface area (Å²) < 4.78 is 1.06. The molecule has 1 heterocycles. The lowest BCUT2D eigenvalue weighted by atomic mass is 10.1. The Hall–Kier alpha value is -2.47. The molecule has 1 unspecified atom stereocenters. The van der Waals surface area contributed by atoms with E-state index in [1.165, 1.54) is 5.56 Å². The summed E-state index contributed by atoms with van der Waals surface area (Å²) in [6.07, 6.45) is 2.49. The lowest BCUT2D eigenvalue weighted by Gasteiger charge is -2.14. The number of rotatable bonds is 7. The molecule has 1 atom stereocenters. The van der Waals surface area contributed by atoms with Crippen molar-refractivity contribution in [2.24, 2.45) is 0 Å². The standard InChI is InChI=1S/C21H22BrN3O2/c1-14(6-7-15-8-10-16(22)11-9-15)23-20(26)13-12-19-24-18-5-3-2-4-17(18)21(27)25-19/h2-5,8-11,14H,6-7,12-13H2,1H3,(H,23,26)(H,24,25,27). The molecular weight excluding hydrogens is 406 g/mol. The third-order valence-corrected chi connectivity index (χ3v) is 4.97. The second-order valence-corrected chi connectivity index (χ2v) is 7.58. The fourth-order valence-corrected chi connectivity index (χ4v) is 3.20. The number of carbonyl (C=O) groups is 1. The molecule has 3 aromatic rings. The highest BCUT2D eigenvalue weighted by molar-refractivity contribution is 9.10. The first-order valence-corrected chi connectivity index (χ1v) is 9.82. The summed E-state index contributed by atoms with van der Waals surface area (Å²) in [5.74, 6) is 0.505. The highest BCUT2D eigenvalue weighted by Crippen LogP contribution is 2.12. The predicted octanol–water partition coefficient (Wildman–Crippen LogP) is 3.76. The van der Waals surface area contributed by atoms with E-state index in [9.17, 15) is 9.59 Å². The first kappa shape index (κ1) is 19.3. The van der Waals surface area contributed by atoms with Gasteiger partial charge in [-0.3, -0.25) is 9.59 Å². The summed E-state index contributed by atoms with van der Waals surface area (Å²) in [7, 11) is 0. The predicted molar refractivity (Wildman–Crippen MR) is 111 cm³/mol. The van der Waals surface area contributed by atoms with E-state index in [2.05, 4.69) is 43.3 Å². The van der Waals surface area contributed by atoms with Gasteiger partial charge >= 0.3 is 0 Å². The minimum atomic E-state index is -0.168. The summed E-state index contributed by atoms with van der Waals surface area (Å²) >= 11 is 3.43. The molecule has 0 aliphatic carbocycles. The number of amides is 1. The monoisotopic (exact) mass is 427 g/mol. The van der Waals surface area contributed by atoms with E-state index in [0.29, 0.717) is 29.6 Å². The highest BCUT2D eigenvalue weighted by Gasteiger charge is 2.10. The first-order valence-electron chi connectivity index (χ1n) is 9.03. The van der Waals surface area contributed by atoms with Gasteiger partial charge in [0, 0.05) is 23.4 Å². The van der Waals surface area contributed by atoms with E-state index in [-0.39, 0.29) is 17.5 Å². The average molecular weight is 428 g/mol. The molecule has 140 valence electrons. The van der Waals surface area contributed by atoms with Crippen LogP contribution < -0.4 is 10.9 Å². The van der Waals surface area contributed by atoms with Crippen molar-refractivity contribution in [3.05, 3.63) is 74.7 Å². The molecule has 0 saturated carbocycles. The van der Waals surface area contributed by atoms with Crippen LogP contribution in [0.15, 0.2) is 57.8 Å². The van der Waals surface area contributed by atoms with Gasteiger partial charge < -0.3 is 10.3 Å². The van der Waals surface area contributed by atoms with E-state index < -0.39 is 0 Å². The number of hydrogen-bond acceptors (Lipinski definition) is 3. The fraction of sp³-hybridized carbons (Fsp3) is 0.286. The Morgan fingerprint density at radius 2 is 1.89 bits per heavy atom. The third-order valence-electron chi connectivity index (χ3n) is 4.44. The van der Waals surface area contributed by atoms with E-state index >= 15 is 0 Å². The molecule has 0 aliphatic rings. The lowest BCUT2D eigenvalue weighted by Crippen LogP contribution is -2.33. The second-order valence-electron chi connectivity index (χ2n) is 6.66. The largest absolute Gasteiger partial charge is 0.354 e. The molecular formula is C21H22BrN3O2. The van der Waals surface area contributed by atoms with E-state index in [1.807, 2.05) is 31.2 Å². The molecule has 1 aromatic heterocycles. The van der Waals surface area contributed by atoms with Crippen molar-refractivity contribution in [1.82, 2.24) is 15.3 Å². The van der Waals surface area contributed by atoms with Crippen molar-refractivity contribution < 1.29 is 4.79 Å². The summed E-state index contributed by atoms with van der Waals surface area (Å²) in [5, 5.41) is 3.58. The third kappa shape index (κ3) is 5.50. The maximum absolute atomic E-state index is 12.2. The van der Waals surface area contributed by atoms with Crippen LogP contribution in [0.25, 0.3) is 10.9 Å². The Morgan fingerprint density at radius 3 is 2.67 bits per heavy atom. The van der Waals surface area contributed by atoms with Crippen molar-refractivity contribution in [2.45, 2.75) is 38.6 Å². The quantitative estimate of drug-likeness (QED) is 0.602. The van der Waals surface area contributed by atoms with Gasteiger partial charge in [0.05, 0.1) is 10.9 Å². The van der Waals surface area contributed by atoms with Gasteiger partial charge in [-0.2, -0.15) is 0 Å². The number of hydrogen-bond donors (Lipinski definition) is 2. The van der Waals surface area contributed by atoms with E-state index in [1.54, 1.807) is 12.1 Å². The van der Waals surface area contributed by atoms with Gasteiger partial charge in [0.15, 0.2) is 0 Å². The molecule has 27 heavy (non-hydrogen) atoms. The van der Waals surface area contributed by atoms with Crippen LogP contribution >= 0.6 is 15.9 Å². The topological polar surface area (TPSA) is 74.8 Å². The van der Waals surface area contributed by atoms with Crippen molar-refractivity contribution in [3.63, 3.8) is 0 Å². The van der Waals surface area contributed by atoms with Crippen LogP contribution in [0.2, 0.25) is 0 Å². The molecule has 0 bridgehead atoms. The maximum atomic E-state index is 12.2. The minimum absolute atomic E-state index is 0.0332. The molecule has 5 nitrogen and oxygen atoms in total. The van der Waals surface area contributed by atoms with Crippen molar-refractivity contribution >= 4 is 32.7 Å². The summed E-state index contributed by atoms with van der Waals surface area (Å²) in [5.41, 5.74) is 1.73. The number of benzene rings is 2. The van der Waals surface area contributed by atoms with Crippen LogP contribution in [-0.2, 0) is 17.6 Å². The Kier molecular flexibility index (Phi) is 6.40. The summed E-state index contributed by atoms with van der Waals surface area (Å²) in [6.45, 7) is 2.01. The molecule has 0 radical (unpaired) electrons. The Bertz CT molecular complexity index is 983. The molecule has 3 rings (SSSR count). The van der Waals surface area contributed by atoms with Gasteiger partial charge in [0.1, 0.15) is 5.82 Å². The Balaban J connectivity index is 1.49. The van der Waals surface area contributed by atoms with Crippen LogP contribution in [0.1, 0.15) is 31.2 Å². The molecule has 0 saturated heterocycles. The van der Waals surface area contributed by atoms with Crippen molar-refractivity contribution in [3.8, 4) is 0 Å². The molecule has 2 aromatic carbocycles. The number of aromatic amines is 1. The highest BCUT2D eigenvalue weighted by atomic mass is 79.9. The van der Waals surface area contributed by atoms with Crippen LogP contribution in [0.4, 0.5) is 0 Å². The number of carbonyl (C=O) groups excluding carboxylic acids is 1. The summed E-state index contributed by atoms with van der Waals surface area (Å²) in [6, 6.07) is 15.5. The van der Waals surface area contributed by atoms with Gasteiger partial charge in [-0.25, -0.2) is 4.98 Å². The number of aromatic nitrogens is 2. The number of H-pyrrole nitrogens is 1. The van der Waals surface area contributed by atoms with Crippen LogP contribution in [-0.4, -0.2) is 21.9 Å². The average Bonchev–Trinajstić information content (AvgIpc) is 2.66. The Morgan fingerprint density at radius 1 is 1.15 bits per heavy atom. The van der Waals surface area contributed by atoms with Gasteiger partial charge in [0.2, 0.25) is 5.91 Å². The SMILES string of the molecule is CC(CCc1ccc(Br)cc1)NC(=O)CCc1nc2ccccc2c(=O)[nH]1. The molecule has 0 fully saturated rings. The van der Waals surface area contributed by atoms with E-state index in [0.717, 1.165) is 17.3 Å². The van der Waals surface area contributed by atoms with Crippen LogP contribution in [0, 0.1) is 0 Å². The number of fused-ring (bicyclic) bond motifs is 1. The number of para-hydroxylation sites is 1. The van der Waals surface area contributed by atoms with Gasteiger partial charge in [-0.1, -0.05) is 40.2 Å². The molecule has 2 N–H and O–H groups in total. The normalized spacial score (nSPS) is 12.1. The van der Waals surface area contributed by atoms with Crippen molar-refractivity contribution in [1.29, 1.82) is 0 Å². The number of nitrogens with one attached hydrogen (secondary N) is 2. The Labute approximate surface area is 166 Å². The second kappa shape index (κ2) is 8.95. The molecule has 0 aliphatic heterocycles. The van der Waals surface area contributed by atoms with Gasteiger partial charge in [0.25, 0.3) is 5.56 Å². The van der Waals surface area contributed by atoms with Gasteiger partial charge in [-0.05, 0) is 49.6 Å². The smallest absolute Gasteiger partial charge is 0.258 e. The van der Waals surface area contributed by atoms with Crippen molar-refractivity contribution in [2.75, 3.05) is 0 Å². The minimum Gasteiger partial charge on any atom is -0.354 e. The maximum Gasteiger partial charge on any atom is 0.258 e. The first-order chi connectivity index (χ1) is 13.0. The zero-order chi connectivity index (χ0) is 19.2.